The van der Waals surface area contributed by atoms with Crippen LogP contribution in [0.2, 0.25) is 0 Å². The zero-order valence-corrected chi connectivity index (χ0v) is 14.9. The van der Waals surface area contributed by atoms with Crippen LogP contribution in [-0.2, 0) is 14.4 Å². The van der Waals surface area contributed by atoms with E-state index < -0.39 is 5.91 Å². The second-order valence-electron chi connectivity index (χ2n) is 6.56. The van der Waals surface area contributed by atoms with Crippen LogP contribution in [0.1, 0.15) is 25.7 Å². The van der Waals surface area contributed by atoms with Crippen molar-refractivity contribution in [3.63, 3.8) is 0 Å². The van der Waals surface area contributed by atoms with Crippen molar-refractivity contribution < 1.29 is 14.4 Å². The summed E-state index contributed by atoms with van der Waals surface area (Å²) < 4.78 is 0. The van der Waals surface area contributed by atoms with Gasteiger partial charge in [-0.15, -0.1) is 11.3 Å². The molecule has 1 aliphatic heterocycles. The van der Waals surface area contributed by atoms with Crippen molar-refractivity contribution >= 4 is 34.2 Å². The lowest BCUT2D eigenvalue weighted by Gasteiger charge is -2.19. The lowest BCUT2D eigenvalue weighted by molar-refractivity contribution is -0.142. The van der Waals surface area contributed by atoms with Gasteiger partial charge in [0.1, 0.15) is 12.2 Å². The van der Waals surface area contributed by atoms with Gasteiger partial charge in [-0.2, -0.15) is 0 Å². The van der Waals surface area contributed by atoms with E-state index >= 15 is 0 Å². The van der Waals surface area contributed by atoms with E-state index in [1.807, 2.05) is 18.2 Å². The van der Waals surface area contributed by atoms with E-state index in [0.29, 0.717) is 10.8 Å². The second-order valence-corrected chi connectivity index (χ2v) is 7.42. The number of aromatic nitrogens is 2. The quantitative estimate of drug-likeness (QED) is 0.834. The number of nitrogens with zero attached hydrogens (tertiary/aromatic N) is 3. The van der Waals surface area contributed by atoms with Crippen LogP contribution in [0, 0.1) is 11.8 Å². The lowest BCUT2D eigenvalue weighted by atomic mass is 9.81. The average Bonchev–Trinajstić information content (AvgIpc) is 3.22. The Hall–Kier alpha value is -2.61. The van der Waals surface area contributed by atoms with Crippen molar-refractivity contribution in [1.29, 1.82) is 0 Å². The zero-order chi connectivity index (χ0) is 18.1. The van der Waals surface area contributed by atoms with E-state index in [2.05, 4.69) is 15.3 Å². The third-order valence-electron chi connectivity index (χ3n) is 4.91. The molecule has 0 bridgehead atoms. The molecule has 4 rings (SSSR count). The van der Waals surface area contributed by atoms with Gasteiger partial charge in [-0.25, -0.2) is 4.98 Å². The average molecular weight is 370 g/mol. The number of imide groups is 1. The Kier molecular flexibility index (Phi) is 4.50. The molecule has 1 aliphatic carbocycles. The fraction of sp³-hybridized carbons (Fsp3) is 0.389. The number of hydrogen-bond acceptors (Lipinski definition) is 6. The summed E-state index contributed by atoms with van der Waals surface area (Å²) >= 11 is 1.28. The number of carbonyl (C=O) groups is 3. The van der Waals surface area contributed by atoms with Gasteiger partial charge in [-0.05, 0) is 25.0 Å². The predicted octanol–water partition coefficient (Wildman–Crippen LogP) is 2.32. The Bertz CT molecular complexity index is 827. The molecule has 2 atom stereocenters. The summed E-state index contributed by atoms with van der Waals surface area (Å²) in [5.41, 5.74) is 1.39. The number of nitrogens with one attached hydrogen (secondary N) is 1. The molecule has 26 heavy (non-hydrogen) atoms. The van der Waals surface area contributed by atoms with E-state index in [0.717, 1.165) is 36.3 Å². The lowest BCUT2D eigenvalue weighted by Crippen LogP contribution is -2.38. The van der Waals surface area contributed by atoms with Crippen molar-refractivity contribution in [3.05, 3.63) is 29.8 Å². The first-order valence-corrected chi connectivity index (χ1v) is 9.53. The molecule has 3 amide bonds. The molecule has 1 saturated heterocycles. The Morgan fingerprint density at radius 2 is 1.88 bits per heavy atom. The number of fused-ring (bicyclic) bond motifs is 1. The van der Waals surface area contributed by atoms with Gasteiger partial charge in [0.15, 0.2) is 5.13 Å². The molecule has 0 aromatic carbocycles. The monoisotopic (exact) mass is 370 g/mol. The molecule has 2 aromatic heterocycles. The molecule has 134 valence electrons. The highest BCUT2D eigenvalue weighted by Crippen LogP contribution is 2.37. The third kappa shape index (κ3) is 3.12. The number of hydrogen-bond donors (Lipinski definition) is 1. The number of carbonyl (C=O) groups excluding carboxylic acids is 3. The molecule has 1 N–H and O–H groups in total. The van der Waals surface area contributed by atoms with Crippen molar-refractivity contribution in [3.8, 4) is 11.4 Å². The Morgan fingerprint density at radius 1 is 1.15 bits per heavy atom. The maximum absolute atomic E-state index is 12.4. The van der Waals surface area contributed by atoms with Gasteiger partial charge in [0.25, 0.3) is 0 Å². The fourth-order valence-corrected chi connectivity index (χ4v) is 4.37. The molecule has 0 unspecified atom stereocenters. The second kappa shape index (κ2) is 6.95. The molecule has 8 heteroatoms. The number of anilines is 1. The van der Waals surface area contributed by atoms with Gasteiger partial charge in [0.2, 0.25) is 17.7 Å². The molecule has 3 heterocycles. The number of amides is 3. The van der Waals surface area contributed by atoms with Crippen molar-refractivity contribution in [2.24, 2.45) is 11.8 Å². The molecule has 2 fully saturated rings. The molecule has 0 spiro atoms. The topological polar surface area (TPSA) is 92.3 Å². The first kappa shape index (κ1) is 16.8. The summed E-state index contributed by atoms with van der Waals surface area (Å²) in [4.78, 5) is 46.8. The molecular formula is C18H18N4O3S. The number of rotatable bonds is 4. The minimum Gasteiger partial charge on any atom is -0.300 e. The van der Waals surface area contributed by atoms with Crippen LogP contribution in [0.15, 0.2) is 29.8 Å². The van der Waals surface area contributed by atoms with Crippen LogP contribution < -0.4 is 5.32 Å². The van der Waals surface area contributed by atoms with Gasteiger partial charge in [-0.3, -0.25) is 24.3 Å². The van der Waals surface area contributed by atoms with Gasteiger partial charge < -0.3 is 5.32 Å². The highest BCUT2D eigenvalue weighted by molar-refractivity contribution is 7.14. The molecular weight excluding hydrogens is 352 g/mol. The first-order chi connectivity index (χ1) is 12.6. The Morgan fingerprint density at radius 3 is 2.54 bits per heavy atom. The van der Waals surface area contributed by atoms with Gasteiger partial charge in [-0.1, -0.05) is 18.9 Å². The highest BCUT2D eigenvalue weighted by Gasteiger charge is 2.48. The third-order valence-corrected chi connectivity index (χ3v) is 5.67. The van der Waals surface area contributed by atoms with E-state index in [4.69, 9.17) is 0 Å². The van der Waals surface area contributed by atoms with Crippen LogP contribution in [0.5, 0.6) is 0 Å². The van der Waals surface area contributed by atoms with E-state index in [1.165, 1.54) is 11.3 Å². The van der Waals surface area contributed by atoms with E-state index in [9.17, 15) is 14.4 Å². The first-order valence-electron chi connectivity index (χ1n) is 8.65. The number of thiazole rings is 1. The summed E-state index contributed by atoms with van der Waals surface area (Å²) in [7, 11) is 0. The van der Waals surface area contributed by atoms with Crippen LogP contribution in [0.4, 0.5) is 5.13 Å². The highest BCUT2D eigenvalue weighted by atomic mass is 32.1. The minimum atomic E-state index is -0.410. The predicted molar refractivity (Wildman–Crippen MR) is 96.1 cm³/mol. The summed E-state index contributed by atoms with van der Waals surface area (Å²) in [6.45, 7) is -0.247. The molecule has 2 aliphatic rings. The largest absolute Gasteiger partial charge is 0.300 e. The summed E-state index contributed by atoms with van der Waals surface area (Å²) in [5.74, 6) is -1.29. The minimum absolute atomic E-state index is 0.205. The molecule has 0 radical (unpaired) electrons. The van der Waals surface area contributed by atoms with Crippen LogP contribution in [0.25, 0.3) is 11.4 Å². The van der Waals surface area contributed by atoms with Gasteiger partial charge >= 0.3 is 0 Å². The van der Waals surface area contributed by atoms with Crippen molar-refractivity contribution in [1.82, 2.24) is 14.9 Å². The van der Waals surface area contributed by atoms with Crippen LogP contribution in [-0.4, -0.2) is 39.1 Å². The van der Waals surface area contributed by atoms with Crippen LogP contribution in [0.3, 0.4) is 0 Å². The number of pyridine rings is 1. The van der Waals surface area contributed by atoms with Gasteiger partial charge in [0.05, 0.1) is 17.5 Å². The smallest absolute Gasteiger partial charge is 0.246 e. The van der Waals surface area contributed by atoms with E-state index in [-0.39, 0.29) is 30.2 Å². The van der Waals surface area contributed by atoms with Crippen molar-refractivity contribution in [2.75, 3.05) is 11.9 Å². The molecule has 1 saturated carbocycles. The normalized spacial score (nSPS) is 22.4. The van der Waals surface area contributed by atoms with Crippen LogP contribution >= 0.6 is 11.3 Å². The standard InChI is InChI=1S/C18H18N4O3S/c23-15(9-22-16(24)11-5-1-2-6-12(11)17(22)25)21-18-20-14(10-26-18)13-7-3-4-8-19-13/h3-4,7-8,10-12H,1-2,5-6,9H2,(H,20,21,23)/t11-,12-/m0/s1. The molecule has 2 aromatic rings. The van der Waals surface area contributed by atoms with E-state index in [1.54, 1.807) is 11.6 Å². The Labute approximate surface area is 154 Å². The van der Waals surface area contributed by atoms with Gasteiger partial charge in [0, 0.05) is 11.6 Å². The Balaban J connectivity index is 1.41. The zero-order valence-electron chi connectivity index (χ0n) is 14.1. The summed E-state index contributed by atoms with van der Waals surface area (Å²) in [6, 6.07) is 5.52. The number of likely N-dealkylation sites (tertiary alicyclic amines) is 1. The van der Waals surface area contributed by atoms with Crippen molar-refractivity contribution in [2.45, 2.75) is 25.7 Å². The maximum Gasteiger partial charge on any atom is 0.246 e. The maximum atomic E-state index is 12.4. The fourth-order valence-electron chi connectivity index (χ4n) is 3.65. The summed E-state index contributed by atoms with van der Waals surface area (Å²) in [6.07, 6.45) is 5.10. The SMILES string of the molecule is O=C(CN1C(=O)[C@H]2CCCC[C@@H]2C1=O)Nc1nc(-c2ccccn2)cs1. The molecule has 7 nitrogen and oxygen atoms in total. The summed E-state index contributed by atoms with van der Waals surface area (Å²) in [5, 5.41) is 4.90.